The second kappa shape index (κ2) is 9.70. The molecule has 0 spiro atoms. The maximum absolute atomic E-state index is 13.7. The molecule has 0 aliphatic carbocycles. The van der Waals surface area contributed by atoms with Gasteiger partial charge < -0.3 is 10.2 Å². The van der Waals surface area contributed by atoms with Crippen molar-refractivity contribution in [1.82, 2.24) is 4.90 Å². The summed E-state index contributed by atoms with van der Waals surface area (Å²) in [5, 5.41) is 2.16. The lowest BCUT2D eigenvalue weighted by Gasteiger charge is -2.20. The number of carbonyl (C=O) groups is 2. The molecule has 1 heterocycles. The molecule has 1 aromatic carbocycles. The smallest absolute Gasteiger partial charge is 0.247 e. The van der Waals surface area contributed by atoms with Crippen molar-refractivity contribution >= 4 is 50.8 Å². The Morgan fingerprint density at radius 3 is 2.56 bits per heavy atom. The number of benzene rings is 1. The van der Waals surface area contributed by atoms with Crippen LogP contribution in [0.5, 0.6) is 0 Å². The average molecular weight is 461 g/mol. The Kier molecular flexibility index (Phi) is 7.61. The summed E-state index contributed by atoms with van der Waals surface area (Å²) in [7, 11) is 0. The van der Waals surface area contributed by atoms with Crippen LogP contribution in [0.25, 0.3) is 6.08 Å². The molecular formula is C18H16BrF3N2O2S. The van der Waals surface area contributed by atoms with E-state index in [-0.39, 0.29) is 12.5 Å². The molecule has 2 amide bonds. The van der Waals surface area contributed by atoms with Gasteiger partial charge in [-0.2, -0.15) is 0 Å². The predicted molar refractivity (Wildman–Crippen MR) is 103 cm³/mol. The van der Waals surface area contributed by atoms with Crippen molar-refractivity contribution in [2.24, 2.45) is 0 Å². The van der Waals surface area contributed by atoms with Crippen LogP contribution in [0.1, 0.15) is 18.2 Å². The lowest BCUT2D eigenvalue weighted by molar-refractivity contribution is -0.130. The molecule has 1 aromatic heterocycles. The van der Waals surface area contributed by atoms with Crippen LogP contribution >= 0.6 is 27.3 Å². The Labute approximate surface area is 166 Å². The van der Waals surface area contributed by atoms with Gasteiger partial charge in [0.05, 0.1) is 9.47 Å². The third-order valence-corrected chi connectivity index (χ3v) is 5.02. The van der Waals surface area contributed by atoms with Gasteiger partial charge in [0, 0.05) is 17.5 Å². The molecule has 0 saturated carbocycles. The zero-order valence-electron chi connectivity index (χ0n) is 14.3. The molecule has 0 atom stereocenters. The summed E-state index contributed by atoms with van der Waals surface area (Å²) in [4.78, 5) is 26.6. The summed E-state index contributed by atoms with van der Waals surface area (Å²) in [6.45, 7) is 1.81. The highest BCUT2D eigenvalue weighted by Gasteiger charge is 2.18. The molecule has 0 aliphatic heterocycles. The van der Waals surface area contributed by atoms with Crippen molar-refractivity contribution in [3.8, 4) is 0 Å². The Morgan fingerprint density at radius 1 is 1.19 bits per heavy atom. The van der Waals surface area contributed by atoms with Crippen LogP contribution in [0.15, 0.2) is 34.1 Å². The van der Waals surface area contributed by atoms with Gasteiger partial charge in [0.25, 0.3) is 0 Å². The number of carbonyl (C=O) groups excluding carboxylic acids is 2. The van der Waals surface area contributed by atoms with Crippen LogP contribution in [0, 0.1) is 17.5 Å². The van der Waals surface area contributed by atoms with Gasteiger partial charge >= 0.3 is 0 Å². The number of hydrogen-bond donors (Lipinski definition) is 1. The number of hydrogen-bond acceptors (Lipinski definition) is 3. The molecule has 144 valence electrons. The van der Waals surface area contributed by atoms with Gasteiger partial charge in [-0.15, -0.1) is 11.3 Å². The quantitative estimate of drug-likeness (QED) is 0.475. The normalized spacial score (nSPS) is 11.0. The maximum Gasteiger partial charge on any atom is 0.247 e. The number of amides is 2. The molecular weight excluding hydrogens is 445 g/mol. The fourth-order valence-corrected chi connectivity index (χ4v) is 3.53. The van der Waals surface area contributed by atoms with Crippen molar-refractivity contribution in [3.63, 3.8) is 0 Å². The van der Waals surface area contributed by atoms with E-state index in [1.807, 2.05) is 19.1 Å². The van der Waals surface area contributed by atoms with Crippen molar-refractivity contribution in [1.29, 1.82) is 0 Å². The fraction of sp³-hybridized carbons (Fsp3) is 0.222. The molecule has 0 bridgehead atoms. The van der Waals surface area contributed by atoms with E-state index in [2.05, 4.69) is 21.2 Å². The molecule has 2 rings (SSSR count). The molecule has 1 N–H and O–H groups in total. The van der Waals surface area contributed by atoms with E-state index in [4.69, 9.17) is 0 Å². The van der Waals surface area contributed by atoms with Gasteiger partial charge in [-0.3, -0.25) is 9.59 Å². The standard InChI is InChI=1S/C18H16BrF3N2O2S/c1-2-9-24(16(26)8-4-11-3-7-14(19)27-11)10-15(25)23-13-6-5-12(20)17(21)18(13)22/h3-8H,2,9-10H2,1H3,(H,23,25)/b8-4+. The zero-order chi connectivity index (χ0) is 20.0. The van der Waals surface area contributed by atoms with Gasteiger partial charge in [0.1, 0.15) is 6.54 Å². The van der Waals surface area contributed by atoms with Crippen LogP contribution < -0.4 is 5.32 Å². The number of nitrogens with one attached hydrogen (secondary N) is 1. The van der Waals surface area contributed by atoms with Gasteiger partial charge in [-0.25, -0.2) is 13.2 Å². The molecule has 0 unspecified atom stereocenters. The Morgan fingerprint density at radius 2 is 1.93 bits per heavy atom. The summed E-state index contributed by atoms with van der Waals surface area (Å²) in [5.74, 6) is -5.60. The molecule has 0 saturated heterocycles. The first kappa shape index (κ1) is 21.2. The minimum absolute atomic E-state index is 0.311. The number of nitrogens with zero attached hydrogens (tertiary/aromatic N) is 1. The van der Waals surface area contributed by atoms with Crippen LogP contribution in [-0.2, 0) is 9.59 Å². The minimum Gasteiger partial charge on any atom is -0.330 e. The first-order chi connectivity index (χ1) is 12.8. The molecule has 0 radical (unpaired) electrons. The van der Waals surface area contributed by atoms with Gasteiger partial charge in [-0.05, 0) is 52.7 Å². The van der Waals surface area contributed by atoms with E-state index in [1.54, 1.807) is 6.08 Å². The van der Waals surface area contributed by atoms with Crippen molar-refractivity contribution in [2.75, 3.05) is 18.4 Å². The molecule has 2 aromatic rings. The SMILES string of the molecule is CCCN(CC(=O)Nc1ccc(F)c(F)c1F)C(=O)/C=C/c1ccc(Br)s1. The second-order valence-electron chi connectivity index (χ2n) is 5.51. The second-order valence-corrected chi connectivity index (χ2v) is 8.00. The van der Waals surface area contributed by atoms with E-state index in [0.29, 0.717) is 19.0 Å². The first-order valence-corrected chi connectivity index (χ1v) is 9.58. The van der Waals surface area contributed by atoms with Crippen molar-refractivity contribution in [3.05, 3.63) is 56.5 Å². The Balaban J connectivity index is 2.04. The number of anilines is 1. The topological polar surface area (TPSA) is 49.4 Å². The van der Waals surface area contributed by atoms with E-state index in [9.17, 15) is 22.8 Å². The van der Waals surface area contributed by atoms with Gasteiger partial charge in [0.2, 0.25) is 11.8 Å². The Hall–Kier alpha value is -2.13. The van der Waals surface area contributed by atoms with Crippen LogP contribution in [0.4, 0.5) is 18.9 Å². The molecule has 0 fully saturated rings. The summed E-state index contributed by atoms with van der Waals surface area (Å²) < 4.78 is 40.8. The van der Waals surface area contributed by atoms with Crippen LogP contribution in [0.2, 0.25) is 0 Å². The van der Waals surface area contributed by atoms with Gasteiger partial charge in [0.15, 0.2) is 17.5 Å². The van der Waals surface area contributed by atoms with E-state index < -0.39 is 29.0 Å². The fourth-order valence-electron chi connectivity index (χ4n) is 2.20. The number of rotatable bonds is 7. The van der Waals surface area contributed by atoms with Crippen molar-refractivity contribution < 1.29 is 22.8 Å². The summed E-state index contributed by atoms with van der Waals surface area (Å²) in [5.41, 5.74) is -0.484. The van der Waals surface area contributed by atoms with Crippen LogP contribution in [0.3, 0.4) is 0 Å². The summed E-state index contributed by atoms with van der Waals surface area (Å²) in [6, 6.07) is 5.32. The molecule has 0 aliphatic rings. The zero-order valence-corrected chi connectivity index (χ0v) is 16.7. The highest BCUT2D eigenvalue weighted by atomic mass is 79.9. The van der Waals surface area contributed by atoms with E-state index >= 15 is 0 Å². The van der Waals surface area contributed by atoms with E-state index in [0.717, 1.165) is 14.7 Å². The third-order valence-electron chi connectivity index (χ3n) is 3.43. The summed E-state index contributed by atoms with van der Waals surface area (Å²) in [6.07, 6.45) is 3.59. The van der Waals surface area contributed by atoms with Crippen LogP contribution in [-0.4, -0.2) is 29.8 Å². The number of thiophene rings is 1. The lowest BCUT2D eigenvalue weighted by Crippen LogP contribution is -2.37. The molecule has 4 nitrogen and oxygen atoms in total. The average Bonchev–Trinajstić information content (AvgIpc) is 3.05. The summed E-state index contributed by atoms with van der Waals surface area (Å²) >= 11 is 4.77. The first-order valence-electron chi connectivity index (χ1n) is 7.97. The largest absolute Gasteiger partial charge is 0.330 e. The molecule has 9 heteroatoms. The minimum atomic E-state index is -1.67. The predicted octanol–water partition coefficient (Wildman–Crippen LogP) is 4.82. The lowest BCUT2D eigenvalue weighted by atomic mass is 10.2. The van der Waals surface area contributed by atoms with E-state index in [1.165, 1.54) is 22.3 Å². The molecule has 27 heavy (non-hydrogen) atoms. The highest BCUT2D eigenvalue weighted by Crippen LogP contribution is 2.23. The monoisotopic (exact) mass is 460 g/mol. The van der Waals surface area contributed by atoms with Gasteiger partial charge in [-0.1, -0.05) is 6.92 Å². The maximum atomic E-state index is 13.7. The number of halogens is 4. The Bertz CT molecular complexity index is 870. The third kappa shape index (κ3) is 5.93. The highest BCUT2D eigenvalue weighted by molar-refractivity contribution is 9.11. The van der Waals surface area contributed by atoms with Crippen molar-refractivity contribution in [2.45, 2.75) is 13.3 Å².